The van der Waals surface area contributed by atoms with E-state index in [1.54, 1.807) is 6.07 Å². The molecule has 0 amide bonds. The van der Waals surface area contributed by atoms with Gasteiger partial charge in [0.2, 0.25) is 0 Å². The number of carbonyl (C=O) groups excluding carboxylic acids is 1. The molecule has 0 fully saturated rings. The first-order valence-electron chi connectivity index (χ1n) is 4.98. The quantitative estimate of drug-likeness (QED) is 0.688. The molecular formula is C12H18O2. The summed E-state index contributed by atoms with van der Waals surface area (Å²) >= 11 is 0. The lowest BCUT2D eigenvalue weighted by molar-refractivity contribution is 0.0937. The smallest absolute Gasteiger partial charge is 0.198 e. The van der Waals surface area contributed by atoms with E-state index in [2.05, 4.69) is 20.8 Å². The normalized spacial score (nSPS) is 11.7. The summed E-state index contributed by atoms with van der Waals surface area (Å²) < 4.78 is 5.26. The highest BCUT2D eigenvalue weighted by atomic mass is 16.3. The SMILES string of the molecule is Cc1ccc(C(=O)CCC(C)(C)C)o1. The molecule has 1 rings (SSSR count). The summed E-state index contributed by atoms with van der Waals surface area (Å²) in [6, 6.07) is 3.57. The van der Waals surface area contributed by atoms with Gasteiger partial charge < -0.3 is 4.42 Å². The van der Waals surface area contributed by atoms with Crippen LogP contribution in [0, 0.1) is 12.3 Å². The average molecular weight is 194 g/mol. The maximum atomic E-state index is 11.6. The van der Waals surface area contributed by atoms with Gasteiger partial charge in [0.05, 0.1) is 0 Å². The molecule has 0 spiro atoms. The molecule has 1 aromatic heterocycles. The molecule has 78 valence electrons. The molecular weight excluding hydrogens is 176 g/mol. The van der Waals surface area contributed by atoms with Crippen molar-refractivity contribution in [3.8, 4) is 0 Å². The van der Waals surface area contributed by atoms with E-state index >= 15 is 0 Å². The van der Waals surface area contributed by atoms with Crippen LogP contribution in [0.4, 0.5) is 0 Å². The van der Waals surface area contributed by atoms with Crippen molar-refractivity contribution in [2.75, 3.05) is 0 Å². The van der Waals surface area contributed by atoms with Crippen LogP contribution in [0.3, 0.4) is 0 Å². The summed E-state index contributed by atoms with van der Waals surface area (Å²) in [6.45, 7) is 8.25. The summed E-state index contributed by atoms with van der Waals surface area (Å²) in [4.78, 5) is 11.6. The predicted octanol–water partition coefficient (Wildman–Crippen LogP) is 3.60. The zero-order chi connectivity index (χ0) is 10.8. The van der Waals surface area contributed by atoms with Crippen LogP contribution in [-0.4, -0.2) is 5.78 Å². The Morgan fingerprint density at radius 3 is 2.43 bits per heavy atom. The maximum absolute atomic E-state index is 11.6. The van der Waals surface area contributed by atoms with Crippen molar-refractivity contribution in [1.82, 2.24) is 0 Å². The number of rotatable bonds is 3. The Morgan fingerprint density at radius 1 is 1.36 bits per heavy atom. The molecule has 2 nitrogen and oxygen atoms in total. The number of aryl methyl sites for hydroxylation is 1. The first-order valence-corrected chi connectivity index (χ1v) is 4.98. The average Bonchev–Trinajstić information content (AvgIpc) is 2.46. The third-order valence-corrected chi connectivity index (χ3v) is 2.12. The van der Waals surface area contributed by atoms with Gasteiger partial charge >= 0.3 is 0 Å². The molecule has 14 heavy (non-hydrogen) atoms. The van der Waals surface area contributed by atoms with Gasteiger partial charge in [-0.15, -0.1) is 0 Å². The van der Waals surface area contributed by atoms with Gasteiger partial charge in [0.25, 0.3) is 0 Å². The largest absolute Gasteiger partial charge is 0.458 e. The highest BCUT2D eigenvalue weighted by Crippen LogP contribution is 2.22. The summed E-state index contributed by atoms with van der Waals surface area (Å²) in [5.74, 6) is 1.39. The monoisotopic (exact) mass is 194 g/mol. The molecule has 0 saturated carbocycles. The minimum Gasteiger partial charge on any atom is -0.458 e. The van der Waals surface area contributed by atoms with Gasteiger partial charge in [0.1, 0.15) is 5.76 Å². The topological polar surface area (TPSA) is 30.2 Å². The molecule has 0 N–H and O–H groups in total. The second kappa shape index (κ2) is 3.99. The molecule has 1 heterocycles. The lowest BCUT2D eigenvalue weighted by atomic mass is 9.89. The second-order valence-corrected chi connectivity index (χ2v) is 4.89. The molecule has 2 heteroatoms. The Balaban J connectivity index is 2.52. The van der Waals surface area contributed by atoms with E-state index in [0.717, 1.165) is 12.2 Å². The number of carbonyl (C=O) groups is 1. The van der Waals surface area contributed by atoms with Gasteiger partial charge in [-0.1, -0.05) is 20.8 Å². The predicted molar refractivity (Wildman–Crippen MR) is 56.5 cm³/mol. The Bertz CT molecular complexity index is 315. The molecule has 0 unspecified atom stereocenters. The molecule has 0 saturated heterocycles. The fraction of sp³-hybridized carbons (Fsp3) is 0.583. The van der Waals surface area contributed by atoms with Crippen LogP contribution in [0.15, 0.2) is 16.5 Å². The molecule has 0 aliphatic carbocycles. The highest BCUT2D eigenvalue weighted by molar-refractivity contribution is 5.93. The third-order valence-electron chi connectivity index (χ3n) is 2.12. The Kier molecular flexibility index (Phi) is 3.14. The minimum atomic E-state index is 0.105. The minimum absolute atomic E-state index is 0.105. The number of Topliss-reactive ketones (excluding diaryl/α,β-unsaturated/α-hetero) is 1. The number of hydrogen-bond acceptors (Lipinski definition) is 2. The van der Waals surface area contributed by atoms with Crippen molar-refractivity contribution < 1.29 is 9.21 Å². The van der Waals surface area contributed by atoms with Crippen LogP contribution in [0.1, 0.15) is 49.9 Å². The third kappa shape index (κ3) is 3.36. The Labute approximate surface area is 85.3 Å². The molecule has 0 atom stereocenters. The van der Waals surface area contributed by atoms with E-state index < -0.39 is 0 Å². The summed E-state index contributed by atoms with van der Waals surface area (Å²) in [6.07, 6.45) is 1.46. The Hall–Kier alpha value is -1.05. The Morgan fingerprint density at radius 2 is 2.00 bits per heavy atom. The zero-order valence-corrected chi connectivity index (χ0v) is 9.39. The van der Waals surface area contributed by atoms with Crippen molar-refractivity contribution in [2.24, 2.45) is 5.41 Å². The number of ketones is 1. The molecule has 0 bridgehead atoms. The summed E-state index contributed by atoms with van der Waals surface area (Å²) in [5, 5.41) is 0. The van der Waals surface area contributed by atoms with Crippen LogP contribution in [0.25, 0.3) is 0 Å². The van der Waals surface area contributed by atoms with Crippen molar-refractivity contribution in [1.29, 1.82) is 0 Å². The van der Waals surface area contributed by atoms with Crippen LogP contribution in [-0.2, 0) is 0 Å². The van der Waals surface area contributed by atoms with E-state index in [1.807, 2.05) is 13.0 Å². The lowest BCUT2D eigenvalue weighted by Crippen LogP contribution is -2.08. The van der Waals surface area contributed by atoms with Crippen LogP contribution < -0.4 is 0 Å². The van der Waals surface area contributed by atoms with Crippen LogP contribution in [0.2, 0.25) is 0 Å². The number of hydrogen-bond donors (Lipinski definition) is 0. The van der Waals surface area contributed by atoms with Crippen LogP contribution >= 0.6 is 0 Å². The van der Waals surface area contributed by atoms with Gasteiger partial charge in [0, 0.05) is 6.42 Å². The fourth-order valence-electron chi connectivity index (χ4n) is 1.20. The van der Waals surface area contributed by atoms with E-state index in [4.69, 9.17) is 4.42 Å². The van der Waals surface area contributed by atoms with Gasteiger partial charge in [-0.05, 0) is 30.9 Å². The zero-order valence-electron chi connectivity index (χ0n) is 9.39. The van der Waals surface area contributed by atoms with E-state index in [-0.39, 0.29) is 11.2 Å². The first-order chi connectivity index (χ1) is 6.38. The van der Waals surface area contributed by atoms with E-state index in [1.165, 1.54) is 0 Å². The van der Waals surface area contributed by atoms with Crippen molar-refractivity contribution in [3.05, 3.63) is 23.7 Å². The second-order valence-electron chi connectivity index (χ2n) is 4.89. The molecule has 1 aromatic rings. The van der Waals surface area contributed by atoms with E-state index in [0.29, 0.717) is 12.2 Å². The van der Waals surface area contributed by atoms with Gasteiger partial charge in [-0.2, -0.15) is 0 Å². The fourth-order valence-corrected chi connectivity index (χ4v) is 1.20. The van der Waals surface area contributed by atoms with Crippen molar-refractivity contribution in [3.63, 3.8) is 0 Å². The first kappa shape index (κ1) is 11.0. The van der Waals surface area contributed by atoms with Gasteiger partial charge in [0.15, 0.2) is 11.5 Å². The van der Waals surface area contributed by atoms with Gasteiger partial charge in [-0.3, -0.25) is 4.79 Å². The summed E-state index contributed by atoms with van der Waals surface area (Å²) in [7, 11) is 0. The van der Waals surface area contributed by atoms with Crippen molar-refractivity contribution >= 4 is 5.78 Å². The highest BCUT2D eigenvalue weighted by Gasteiger charge is 2.15. The molecule has 0 aliphatic heterocycles. The maximum Gasteiger partial charge on any atom is 0.198 e. The number of furan rings is 1. The lowest BCUT2D eigenvalue weighted by Gasteiger charge is -2.16. The molecule has 0 radical (unpaired) electrons. The van der Waals surface area contributed by atoms with Crippen molar-refractivity contribution in [2.45, 2.75) is 40.5 Å². The van der Waals surface area contributed by atoms with Crippen LogP contribution in [0.5, 0.6) is 0 Å². The summed E-state index contributed by atoms with van der Waals surface area (Å²) in [5.41, 5.74) is 0.206. The molecule has 0 aromatic carbocycles. The van der Waals surface area contributed by atoms with Gasteiger partial charge in [-0.25, -0.2) is 0 Å². The molecule has 0 aliphatic rings. The van der Waals surface area contributed by atoms with E-state index in [9.17, 15) is 4.79 Å². The standard InChI is InChI=1S/C12H18O2/c1-9-5-6-11(14-9)10(13)7-8-12(2,3)4/h5-6H,7-8H2,1-4H3.